The molecule has 214 valence electrons. The SMILES string of the molecule is CCCC(=O)C[C@@H](Cc1nc2ccc(Cl)cc2s1)C(=O)N[C@H](CCC(=O)/C=C/CN1CCCCC1)[C@@H](C)CC. The summed E-state index contributed by atoms with van der Waals surface area (Å²) in [5.74, 6) is -0.217. The first-order chi connectivity index (χ1) is 18.8. The predicted molar refractivity (Wildman–Crippen MR) is 161 cm³/mol. The van der Waals surface area contributed by atoms with Gasteiger partial charge in [-0.3, -0.25) is 19.3 Å². The van der Waals surface area contributed by atoms with Crippen LogP contribution in [0.5, 0.6) is 0 Å². The number of allylic oxidation sites excluding steroid dienone is 1. The van der Waals surface area contributed by atoms with Crippen molar-refractivity contribution >= 4 is 50.6 Å². The van der Waals surface area contributed by atoms with E-state index in [1.165, 1.54) is 30.6 Å². The minimum Gasteiger partial charge on any atom is -0.353 e. The minimum atomic E-state index is -0.494. The van der Waals surface area contributed by atoms with Crippen molar-refractivity contribution in [2.75, 3.05) is 19.6 Å². The molecule has 1 aliphatic rings. The fraction of sp³-hybridized carbons (Fsp3) is 0.613. The number of ketones is 2. The van der Waals surface area contributed by atoms with Crippen LogP contribution >= 0.6 is 22.9 Å². The highest BCUT2D eigenvalue weighted by Gasteiger charge is 2.27. The lowest BCUT2D eigenvalue weighted by atomic mass is 9.91. The molecule has 1 N–H and O–H groups in total. The van der Waals surface area contributed by atoms with Crippen LogP contribution < -0.4 is 5.32 Å². The van der Waals surface area contributed by atoms with Gasteiger partial charge in [-0.15, -0.1) is 11.3 Å². The van der Waals surface area contributed by atoms with Crippen molar-refractivity contribution in [1.29, 1.82) is 0 Å². The summed E-state index contributed by atoms with van der Waals surface area (Å²) in [4.78, 5) is 45.9. The number of amides is 1. The summed E-state index contributed by atoms with van der Waals surface area (Å²) in [6, 6.07) is 5.45. The lowest BCUT2D eigenvalue weighted by molar-refractivity contribution is -0.130. The number of hydrogen-bond donors (Lipinski definition) is 1. The molecule has 3 atom stereocenters. The van der Waals surface area contributed by atoms with Gasteiger partial charge in [-0.2, -0.15) is 0 Å². The third-order valence-electron chi connectivity index (χ3n) is 7.67. The molecule has 0 radical (unpaired) electrons. The molecule has 0 aliphatic carbocycles. The molecule has 0 saturated carbocycles. The van der Waals surface area contributed by atoms with Crippen LogP contribution in [0.3, 0.4) is 0 Å². The van der Waals surface area contributed by atoms with Gasteiger partial charge in [-0.25, -0.2) is 4.98 Å². The third kappa shape index (κ3) is 10.4. The number of halogens is 1. The summed E-state index contributed by atoms with van der Waals surface area (Å²) < 4.78 is 0.973. The second-order valence-corrected chi connectivity index (χ2v) is 12.4. The van der Waals surface area contributed by atoms with E-state index in [1.807, 2.05) is 31.2 Å². The van der Waals surface area contributed by atoms with Crippen molar-refractivity contribution in [2.45, 2.75) is 91.0 Å². The zero-order chi connectivity index (χ0) is 28.2. The van der Waals surface area contributed by atoms with Crippen LogP contribution in [0.1, 0.15) is 83.6 Å². The van der Waals surface area contributed by atoms with Gasteiger partial charge in [0, 0.05) is 43.3 Å². The Morgan fingerprint density at radius 2 is 1.92 bits per heavy atom. The number of carbonyl (C=O) groups excluding carboxylic acids is 3. The van der Waals surface area contributed by atoms with E-state index in [0.29, 0.717) is 30.7 Å². The number of piperidine rings is 1. The van der Waals surface area contributed by atoms with Crippen LogP contribution in [0.15, 0.2) is 30.4 Å². The fourth-order valence-corrected chi connectivity index (χ4v) is 6.42. The van der Waals surface area contributed by atoms with E-state index in [4.69, 9.17) is 16.6 Å². The molecule has 3 rings (SSSR count). The van der Waals surface area contributed by atoms with Gasteiger partial charge in [0.1, 0.15) is 5.78 Å². The third-order valence-corrected chi connectivity index (χ3v) is 8.94. The molecule has 1 saturated heterocycles. The van der Waals surface area contributed by atoms with Crippen molar-refractivity contribution in [1.82, 2.24) is 15.2 Å². The van der Waals surface area contributed by atoms with Gasteiger partial charge in [-0.05, 0) is 69.0 Å². The van der Waals surface area contributed by atoms with Crippen LogP contribution in [0.25, 0.3) is 10.2 Å². The van der Waals surface area contributed by atoms with Crippen molar-refractivity contribution < 1.29 is 14.4 Å². The number of nitrogens with zero attached hydrogens (tertiary/aromatic N) is 2. The van der Waals surface area contributed by atoms with E-state index < -0.39 is 5.92 Å². The van der Waals surface area contributed by atoms with Gasteiger partial charge in [0.05, 0.1) is 21.1 Å². The van der Waals surface area contributed by atoms with Crippen LogP contribution in [-0.2, 0) is 20.8 Å². The number of likely N-dealkylation sites (tertiary alicyclic amines) is 1. The van der Waals surface area contributed by atoms with Crippen molar-refractivity contribution in [3.63, 3.8) is 0 Å². The molecule has 39 heavy (non-hydrogen) atoms. The fourth-order valence-electron chi connectivity index (χ4n) is 5.10. The maximum Gasteiger partial charge on any atom is 0.224 e. The average Bonchev–Trinajstić information content (AvgIpc) is 3.32. The quantitative estimate of drug-likeness (QED) is 0.224. The molecule has 1 fully saturated rings. The summed E-state index contributed by atoms with van der Waals surface area (Å²) >= 11 is 7.66. The molecule has 0 bridgehead atoms. The number of aromatic nitrogens is 1. The van der Waals surface area contributed by atoms with Gasteiger partial charge in [-0.1, -0.05) is 51.3 Å². The van der Waals surface area contributed by atoms with Crippen molar-refractivity contribution in [2.24, 2.45) is 11.8 Å². The Kier molecular flexibility index (Phi) is 13.1. The Hall–Kier alpha value is -2.09. The van der Waals surface area contributed by atoms with Crippen LogP contribution in [0, 0.1) is 11.8 Å². The predicted octanol–water partition coefficient (Wildman–Crippen LogP) is 6.79. The van der Waals surface area contributed by atoms with Crippen LogP contribution in [0.4, 0.5) is 0 Å². The summed E-state index contributed by atoms with van der Waals surface area (Å²) in [6.45, 7) is 9.21. The van der Waals surface area contributed by atoms with Gasteiger partial charge in [0.2, 0.25) is 5.91 Å². The second kappa shape index (κ2) is 16.2. The number of Topliss-reactive ketones (excluding diaryl/α,β-unsaturated/α-hetero) is 1. The number of rotatable bonds is 16. The zero-order valence-corrected chi connectivity index (χ0v) is 25.3. The molecule has 1 aromatic heterocycles. The number of benzene rings is 1. The van der Waals surface area contributed by atoms with Gasteiger partial charge >= 0.3 is 0 Å². The first kappa shape index (κ1) is 31.4. The first-order valence-electron chi connectivity index (χ1n) is 14.6. The van der Waals surface area contributed by atoms with E-state index in [2.05, 4.69) is 24.1 Å². The highest BCUT2D eigenvalue weighted by molar-refractivity contribution is 7.18. The summed E-state index contributed by atoms with van der Waals surface area (Å²) in [5, 5.41) is 4.70. The van der Waals surface area contributed by atoms with E-state index in [1.54, 1.807) is 6.08 Å². The smallest absolute Gasteiger partial charge is 0.224 e. The lowest BCUT2D eigenvalue weighted by Gasteiger charge is -2.26. The average molecular weight is 574 g/mol. The monoisotopic (exact) mass is 573 g/mol. The number of nitrogens with one attached hydrogen (secondary N) is 1. The maximum absolute atomic E-state index is 13.6. The molecule has 0 unspecified atom stereocenters. The number of hydrogen-bond acceptors (Lipinski definition) is 6. The Morgan fingerprint density at radius 3 is 2.64 bits per heavy atom. The molecule has 2 aromatic rings. The van der Waals surface area contributed by atoms with Gasteiger partial charge in [0.15, 0.2) is 5.78 Å². The zero-order valence-electron chi connectivity index (χ0n) is 23.7. The molecule has 2 heterocycles. The van der Waals surface area contributed by atoms with Crippen LogP contribution in [-0.4, -0.2) is 53.0 Å². The van der Waals surface area contributed by atoms with Crippen molar-refractivity contribution in [3.8, 4) is 0 Å². The molecule has 6 nitrogen and oxygen atoms in total. The van der Waals surface area contributed by atoms with E-state index in [9.17, 15) is 14.4 Å². The summed E-state index contributed by atoms with van der Waals surface area (Å²) in [6.07, 6.45) is 11.1. The highest BCUT2D eigenvalue weighted by Crippen LogP contribution is 2.28. The minimum absolute atomic E-state index is 0.0934. The molecular formula is C31H44ClN3O3S. The van der Waals surface area contributed by atoms with Crippen molar-refractivity contribution in [3.05, 3.63) is 40.4 Å². The molecular weight excluding hydrogens is 530 g/mol. The number of thiazole rings is 1. The summed E-state index contributed by atoms with van der Waals surface area (Å²) in [7, 11) is 0. The molecule has 1 aliphatic heterocycles. The molecule has 8 heteroatoms. The number of fused-ring (bicyclic) bond motifs is 1. The highest BCUT2D eigenvalue weighted by atomic mass is 35.5. The second-order valence-electron chi connectivity index (χ2n) is 10.9. The first-order valence-corrected chi connectivity index (χ1v) is 15.8. The normalized spacial score (nSPS) is 16.8. The standard InChI is InChI=1S/C31H44ClN3O3S/c1-4-10-26(37)19-23(20-30-33-28-14-12-24(32)21-29(28)39-30)31(38)34-27(22(3)5-2)15-13-25(36)11-9-18-35-16-7-6-8-17-35/h9,11-12,14,21-23,27H,4-8,10,13,15-20H2,1-3H3,(H,34,38)/b11-9+/t22-,23-,27+/m0/s1. The molecule has 1 amide bonds. The molecule has 0 spiro atoms. The Balaban J connectivity index is 1.63. The van der Waals surface area contributed by atoms with Gasteiger partial charge < -0.3 is 5.32 Å². The lowest BCUT2D eigenvalue weighted by Crippen LogP contribution is -2.43. The molecule has 1 aromatic carbocycles. The maximum atomic E-state index is 13.6. The topological polar surface area (TPSA) is 79.4 Å². The van der Waals surface area contributed by atoms with Gasteiger partial charge in [0.25, 0.3) is 0 Å². The Bertz CT molecular complexity index is 1130. The Morgan fingerprint density at radius 1 is 1.15 bits per heavy atom. The number of carbonyl (C=O) groups is 3. The summed E-state index contributed by atoms with van der Waals surface area (Å²) in [5.41, 5.74) is 0.850. The van der Waals surface area contributed by atoms with E-state index in [-0.39, 0.29) is 35.9 Å². The van der Waals surface area contributed by atoms with E-state index >= 15 is 0 Å². The van der Waals surface area contributed by atoms with E-state index in [0.717, 1.165) is 47.7 Å². The van der Waals surface area contributed by atoms with Crippen LogP contribution in [0.2, 0.25) is 5.02 Å². The largest absolute Gasteiger partial charge is 0.353 e. The Labute approximate surface area is 242 Å².